The summed E-state index contributed by atoms with van der Waals surface area (Å²) < 4.78 is 0. The van der Waals surface area contributed by atoms with Crippen LogP contribution in [-0.4, -0.2) is 16.8 Å². The lowest BCUT2D eigenvalue weighted by molar-refractivity contribution is 0.228. The van der Waals surface area contributed by atoms with Crippen LogP contribution in [0.3, 0.4) is 0 Å². The fourth-order valence-electron chi connectivity index (χ4n) is 3.16. The molecule has 1 aliphatic rings. The highest BCUT2D eigenvalue weighted by Crippen LogP contribution is 2.33. The summed E-state index contributed by atoms with van der Waals surface area (Å²) in [6.07, 6.45) is 3.17. The third kappa shape index (κ3) is 3.09. The van der Waals surface area contributed by atoms with Gasteiger partial charge in [-0.05, 0) is 48.1 Å². The van der Waals surface area contributed by atoms with E-state index in [0.717, 1.165) is 24.8 Å². The van der Waals surface area contributed by atoms with Gasteiger partial charge in [-0.25, -0.2) is 0 Å². The standard InChI is InChI=1S/C18H21NO2/c20-12-18(13-5-2-1-3-6-13)19-17-8-4-7-14-11-15(21)9-10-16(14)17/h1-3,5-6,9-11,17-21H,4,7-8,12H2/t17?,18-/m1/s1. The third-order valence-electron chi connectivity index (χ3n) is 4.23. The molecular weight excluding hydrogens is 262 g/mol. The first-order valence-corrected chi connectivity index (χ1v) is 7.51. The number of aliphatic hydroxyl groups is 1. The van der Waals surface area contributed by atoms with Crippen LogP contribution >= 0.6 is 0 Å². The van der Waals surface area contributed by atoms with Gasteiger partial charge in [0.05, 0.1) is 12.6 Å². The van der Waals surface area contributed by atoms with Crippen molar-refractivity contribution < 1.29 is 10.2 Å². The van der Waals surface area contributed by atoms with E-state index in [-0.39, 0.29) is 18.7 Å². The van der Waals surface area contributed by atoms with E-state index in [1.165, 1.54) is 11.1 Å². The lowest BCUT2D eigenvalue weighted by Crippen LogP contribution is -2.31. The highest BCUT2D eigenvalue weighted by atomic mass is 16.3. The SMILES string of the molecule is OC[C@@H](NC1CCCc2cc(O)ccc21)c1ccccc1. The Morgan fingerprint density at radius 2 is 1.95 bits per heavy atom. The lowest BCUT2D eigenvalue weighted by atomic mass is 9.87. The van der Waals surface area contributed by atoms with Gasteiger partial charge in [0.2, 0.25) is 0 Å². The fourth-order valence-corrected chi connectivity index (χ4v) is 3.16. The van der Waals surface area contributed by atoms with Crippen LogP contribution < -0.4 is 5.32 Å². The summed E-state index contributed by atoms with van der Waals surface area (Å²) in [7, 11) is 0. The number of rotatable bonds is 4. The molecule has 0 aliphatic heterocycles. The van der Waals surface area contributed by atoms with E-state index in [0.29, 0.717) is 5.75 Å². The Kier molecular flexibility index (Phi) is 4.23. The first kappa shape index (κ1) is 14.1. The van der Waals surface area contributed by atoms with E-state index in [1.807, 2.05) is 42.5 Å². The molecule has 1 unspecified atom stereocenters. The molecule has 0 bridgehead atoms. The monoisotopic (exact) mass is 283 g/mol. The number of aliphatic hydroxyl groups excluding tert-OH is 1. The molecule has 3 N–H and O–H groups in total. The number of phenolic OH excluding ortho intramolecular Hbond substituents is 1. The van der Waals surface area contributed by atoms with Gasteiger partial charge in [0.15, 0.2) is 0 Å². The average molecular weight is 283 g/mol. The summed E-state index contributed by atoms with van der Waals surface area (Å²) in [5, 5.41) is 22.9. The largest absolute Gasteiger partial charge is 0.508 e. The second kappa shape index (κ2) is 6.29. The molecule has 0 amide bonds. The van der Waals surface area contributed by atoms with Crippen molar-refractivity contribution in [3.63, 3.8) is 0 Å². The van der Waals surface area contributed by atoms with Gasteiger partial charge in [0.25, 0.3) is 0 Å². The topological polar surface area (TPSA) is 52.5 Å². The summed E-state index contributed by atoms with van der Waals surface area (Å²) in [5.41, 5.74) is 3.56. The lowest BCUT2D eigenvalue weighted by Gasteiger charge is -2.30. The molecule has 1 aliphatic carbocycles. The Bertz CT molecular complexity index is 597. The number of aryl methyl sites for hydroxylation is 1. The highest BCUT2D eigenvalue weighted by molar-refractivity contribution is 5.38. The minimum atomic E-state index is -0.0593. The van der Waals surface area contributed by atoms with Gasteiger partial charge in [-0.1, -0.05) is 36.4 Å². The van der Waals surface area contributed by atoms with Crippen molar-refractivity contribution in [1.82, 2.24) is 5.32 Å². The van der Waals surface area contributed by atoms with Crippen molar-refractivity contribution in [2.45, 2.75) is 31.3 Å². The maximum Gasteiger partial charge on any atom is 0.115 e. The molecule has 2 atom stereocenters. The molecule has 0 saturated heterocycles. The van der Waals surface area contributed by atoms with E-state index in [2.05, 4.69) is 5.32 Å². The molecule has 0 aromatic heterocycles. The van der Waals surface area contributed by atoms with E-state index in [9.17, 15) is 10.2 Å². The smallest absolute Gasteiger partial charge is 0.115 e. The van der Waals surface area contributed by atoms with Crippen molar-refractivity contribution in [2.75, 3.05) is 6.61 Å². The van der Waals surface area contributed by atoms with Crippen LogP contribution in [0.1, 0.15) is 41.6 Å². The van der Waals surface area contributed by atoms with Crippen molar-refractivity contribution >= 4 is 0 Å². The number of benzene rings is 2. The van der Waals surface area contributed by atoms with Gasteiger partial charge in [-0.2, -0.15) is 0 Å². The van der Waals surface area contributed by atoms with Gasteiger partial charge in [-0.15, -0.1) is 0 Å². The number of hydrogen-bond acceptors (Lipinski definition) is 3. The molecule has 2 aromatic rings. The van der Waals surface area contributed by atoms with Gasteiger partial charge >= 0.3 is 0 Å². The zero-order chi connectivity index (χ0) is 14.7. The Morgan fingerprint density at radius 3 is 2.71 bits per heavy atom. The molecule has 3 heteroatoms. The molecule has 0 radical (unpaired) electrons. The number of fused-ring (bicyclic) bond motifs is 1. The number of phenols is 1. The molecule has 0 fully saturated rings. The van der Waals surface area contributed by atoms with Crippen LogP contribution in [0.5, 0.6) is 5.75 Å². The average Bonchev–Trinajstić information content (AvgIpc) is 2.53. The number of nitrogens with one attached hydrogen (secondary N) is 1. The van der Waals surface area contributed by atoms with Crippen molar-refractivity contribution in [2.24, 2.45) is 0 Å². The van der Waals surface area contributed by atoms with Crippen molar-refractivity contribution in [3.8, 4) is 5.75 Å². The Hall–Kier alpha value is -1.84. The van der Waals surface area contributed by atoms with E-state index in [4.69, 9.17) is 0 Å². The normalized spacial score (nSPS) is 19.0. The second-order valence-electron chi connectivity index (χ2n) is 5.64. The Balaban J connectivity index is 1.82. The summed E-state index contributed by atoms with van der Waals surface area (Å²) in [5.74, 6) is 0.330. The highest BCUT2D eigenvalue weighted by Gasteiger charge is 2.23. The summed E-state index contributed by atoms with van der Waals surface area (Å²) in [6.45, 7) is 0.0773. The first-order valence-electron chi connectivity index (χ1n) is 7.51. The van der Waals surface area contributed by atoms with Crippen LogP contribution in [0.2, 0.25) is 0 Å². The molecule has 21 heavy (non-hydrogen) atoms. The fraction of sp³-hybridized carbons (Fsp3) is 0.333. The van der Waals surface area contributed by atoms with Crippen LogP contribution in [0.15, 0.2) is 48.5 Å². The Morgan fingerprint density at radius 1 is 1.14 bits per heavy atom. The summed E-state index contributed by atoms with van der Waals surface area (Å²) >= 11 is 0. The van der Waals surface area contributed by atoms with E-state index in [1.54, 1.807) is 6.07 Å². The predicted molar refractivity (Wildman–Crippen MR) is 83.2 cm³/mol. The Labute approximate surface area is 125 Å². The number of aromatic hydroxyl groups is 1. The van der Waals surface area contributed by atoms with Crippen molar-refractivity contribution in [1.29, 1.82) is 0 Å². The van der Waals surface area contributed by atoms with Crippen LogP contribution in [0.4, 0.5) is 0 Å². The molecule has 0 heterocycles. The first-order chi connectivity index (χ1) is 10.3. The second-order valence-corrected chi connectivity index (χ2v) is 5.64. The number of hydrogen-bond donors (Lipinski definition) is 3. The molecule has 3 rings (SSSR count). The molecule has 110 valence electrons. The molecular formula is C18H21NO2. The molecule has 3 nitrogen and oxygen atoms in total. The van der Waals surface area contributed by atoms with Crippen molar-refractivity contribution in [3.05, 3.63) is 65.2 Å². The van der Waals surface area contributed by atoms with E-state index >= 15 is 0 Å². The summed E-state index contributed by atoms with van der Waals surface area (Å²) in [4.78, 5) is 0. The van der Waals surface area contributed by atoms with Gasteiger partial charge in [-0.3, -0.25) is 0 Å². The van der Waals surface area contributed by atoms with Crippen LogP contribution in [0, 0.1) is 0 Å². The van der Waals surface area contributed by atoms with E-state index < -0.39 is 0 Å². The van der Waals surface area contributed by atoms with Gasteiger partial charge < -0.3 is 15.5 Å². The zero-order valence-electron chi connectivity index (χ0n) is 12.0. The van der Waals surface area contributed by atoms with Crippen LogP contribution in [0.25, 0.3) is 0 Å². The molecule has 2 aromatic carbocycles. The third-order valence-corrected chi connectivity index (χ3v) is 4.23. The minimum Gasteiger partial charge on any atom is -0.508 e. The molecule has 0 saturated carbocycles. The molecule has 0 spiro atoms. The van der Waals surface area contributed by atoms with Crippen LogP contribution in [-0.2, 0) is 6.42 Å². The van der Waals surface area contributed by atoms with Gasteiger partial charge in [0.1, 0.15) is 5.75 Å². The predicted octanol–water partition coefficient (Wildman–Crippen LogP) is 3.09. The quantitative estimate of drug-likeness (QED) is 0.808. The van der Waals surface area contributed by atoms with Gasteiger partial charge in [0, 0.05) is 6.04 Å². The maximum atomic E-state index is 9.70. The minimum absolute atomic E-state index is 0.0593. The zero-order valence-corrected chi connectivity index (χ0v) is 12.0. The maximum absolute atomic E-state index is 9.70. The summed E-state index contributed by atoms with van der Waals surface area (Å²) in [6, 6.07) is 15.8.